The van der Waals surface area contributed by atoms with Crippen molar-refractivity contribution >= 4 is 21.8 Å². The number of amides is 1. The van der Waals surface area contributed by atoms with E-state index in [1.54, 1.807) is 30.6 Å². The molecule has 2 heterocycles. The van der Waals surface area contributed by atoms with Crippen LogP contribution in [0.3, 0.4) is 0 Å². The number of nitrogens with zero attached hydrogens (tertiary/aromatic N) is 2. The van der Waals surface area contributed by atoms with Gasteiger partial charge in [-0.25, -0.2) is 4.39 Å². The first-order valence-electron chi connectivity index (χ1n) is 6.79. The second-order valence-electron chi connectivity index (χ2n) is 5.14. The summed E-state index contributed by atoms with van der Waals surface area (Å²) in [6.07, 6.45) is 4.15. The van der Waals surface area contributed by atoms with Gasteiger partial charge in [0.2, 0.25) is 0 Å². The van der Waals surface area contributed by atoms with E-state index < -0.39 is 0 Å². The van der Waals surface area contributed by atoms with Gasteiger partial charge < -0.3 is 4.90 Å². The highest BCUT2D eigenvalue weighted by molar-refractivity contribution is 9.10. The van der Waals surface area contributed by atoms with Crippen LogP contribution in [0.15, 0.2) is 47.2 Å². The summed E-state index contributed by atoms with van der Waals surface area (Å²) in [6.45, 7) is 1.38. The molecule has 0 spiro atoms. The summed E-state index contributed by atoms with van der Waals surface area (Å²) in [4.78, 5) is 18.3. The summed E-state index contributed by atoms with van der Waals surface area (Å²) in [7, 11) is 0. The van der Waals surface area contributed by atoms with Crippen LogP contribution in [-0.2, 0) is 0 Å². The third-order valence-electron chi connectivity index (χ3n) is 3.82. The first-order chi connectivity index (χ1) is 10.1. The molecule has 0 aliphatic carbocycles. The van der Waals surface area contributed by atoms with Gasteiger partial charge in [0.05, 0.1) is 5.56 Å². The predicted octanol–water partition coefficient (Wildman–Crippen LogP) is 3.61. The van der Waals surface area contributed by atoms with Crippen molar-refractivity contribution in [3.63, 3.8) is 0 Å². The first-order valence-corrected chi connectivity index (χ1v) is 7.58. The van der Waals surface area contributed by atoms with Gasteiger partial charge in [-0.15, -0.1) is 0 Å². The predicted molar refractivity (Wildman–Crippen MR) is 81.6 cm³/mol. The lowest BCUT2D eigenvalue weighted by Gasteiger charge is -2.17. The molecule has 2 aromatic rings. The van der Waals surface area contributed by atoms with Crippen LogP contribution in [-0.4, -0.2) is 28.9 Å². The van der Waals surface area contributed by atoms with Crippen molar-refractivity contribution in [2.24, 2.45) is 0 Å². The number of hydrogen-bond acceptors (Lipinski definition) is 2. The maximum absolute atomic E-state index is 13.0. The minimum Gasteiger partial charge on any atom is -0.338 e. The smallest absolute Gasteiger partial charge is 0.255 e. The van der Waals surface area contributed by atoms with Gasteiger partial charge in [-0.3, -0.25) is 9.78 Å². The quantitative estimate of drug-likeness (QED) is 0.830. The molecule has 1 amide bonds. The van der Waals surface area contributed by atoms with Crippen LogP contribution >= 0.6 is 15.9 Å². The van der Waals surface area contributed by atoms with E-state index in [1.165, 1.54) is 12.1 Å². The number of benzene rings is 1. The molecule has 3 nitrogen and oxygen atoms in total. The van der Waals surface area contributed by atoms with E-state index in [-0.39, 0.29) is 17.6 Å². The molecule has 1 aliphatic heterocycles. The Bertz CT molecular complexity index is 660. The monoisotopic (exact) mass is 348 g/mol. The highest BCUT2D eigenvalue weighted by Gasteiger charge is 2.28. The number of aromatic nitrogens is 1. The van der Waals surface area contributed by atoms with Gasteiger partial charge in [0.15, 0.2) is 0 Å². The molecule has 1 fully saturated rings. The van der Waals surface area contributed by atoms with Crippen molar-refractivity contribution in [1.29, 1.82) is 0 Å². The normalized spacial score (nSPS) is 18.0. The molecule has 0 radical (unpaired) electrons. The zero-order valence-electron chi connectivity index (χ0n) is 11.3. The van der Waals surface area contributed by atoms with Crippen molar-refractivity contribution in [2.75, 3.05) is 13.1 Å². The van der Waals surface area contributed by atoms with Crippen molar-refractivity contribution < 1.29 is 9.18 Å². The number of pyridine rings is 1. The zero-order chi connectivity index (χ0) is 14.8. The van der Waals surface area contributed by atoms with E-state index in [9.17, 15) is 9.18 Å². The van der Waals surface area contributed by atoms with Gasteiger partial charge in [0, 0.05) is 35.9 Å². The molecule has 21 heavy (non-hydrogen) atoms. The lowest BCUT2D eigenvalue weighted by atomic mass is 9.99. The lowest BCUT2D eigenvalue weighted by molar-refractivity contribution is 0.0789. The maximum Gasteiger partial charge on any atom is 0.255 e. The van der Waals surface area contributed by atoms with Crippen molar-refractivity contribution in [3.8, 4) is 0 Å². The van der Waals surface area contributed by atoms with Crippen LogP contribution in [0.5, 0.6) is 0 Å². The van der Waals surface area contributed by atoms with Gasteiger partial charge in [0.25, 0.3) is 5.91 Å². The average molecular weight is 349 g/mol. The minimum absolute atomic E-state index is 0.00823. The number of rotatable bonds is 2. The second-order valence-corrected chi connectivity index (χ2v) is 6.00. The third kappa shape index (κ3) is 2.97. The number of halogens is 2. The zero-order valence-corrected chi connectivity index (χ0v) is 12.9. The summed E-state index contributed by atoms with van der Waals surface area (Å²) in [5.41, 5.74) is 1.71. The van der Waals surface area contributed by atoms with Crippen molar-refractivity contribution in [3.05, 3.63) is 64.1 Å². The number of carbonyl (C=O) groups is 1. The van der Waals surface area contributed by atoms with Crippen LogP contribution in [0, 0.1) is 5.82 Å². The molecule has 1 aromatic heterocycles. The van der Waals surface area contributed by atoms with Gasteiger partial charge in [-0.1, -0.05) is 12.1 Å². The second kappa shape index (κ2) is 5.93. The molecule has 108 valence electrons. The third-order valence-corrected chi connectivity index (χ3v) is 4.45. The molecule has 3 rings (SSSR count). The van der Waals surface area contributed by atoms with E-state index in [0.29, 0.717) is 16.6 Å². The molecule has 0 saturated carbocycles. The standard InChI is InChI=1S/C16H14BrFN2O/c17-15-9-19-7-5-14(15)16(21)20-8-6-12(10-20)11-1-3-13(18)4-2-11/h1-5,7,9,12H,6,8,10H2/t12-/m1/s1. The molecule has 0 N–H and O–H groups in total. The van der Waals surface area contributed by atoms with E-state index >= 15 is 0 Å². The fraction of sp³-hybridized carbons (Fsp3) is 0.250. The number of hydrogen-bond donors (Lipinski definition) is 0. The summed E-state index contributed by atoms with van der Waals surface area (Å²) >= 11 is 3.36. The largest absolute Gasteiger partial charge is 0.338 e. The van der Waals surface area contributed by atoms with Gasteiger partial charge >= 0.3 is 0 Å². The summed E-state index contributed by atoms with van der Waals surface area (Å²) < 4.78 is 13.7. The van der Waals surface area contributed by atoms with E-state index in [2.05, 4.69) is 20.9 Å². The SMILES string of the molecule is O=C(c1ccncc1Br)N1CC[C@@H](c2ccc(F)cc2)C1. The fourth-order valence-corrected chi connectivity index (χ4v) is 3.09. The molecule has 0 bridgehead atoms. The van der Waals surface area contributed by atoms with Gasteiger partial charge in [-0.2, -0.15) is 0 Å². The first kappa shape index (κ1) is 14.2. The van der Waals surface area contributed by atoms with Crippen LogP contribution in [0.25, 0.3) is 0 Å². The van der Waals surface area contributed by atoms with Crippen molar-refractivity contribution in [2.45, 2.75) is 12.3 Å². The highest BCUT2D eigenvalue weighted by Crippen LogP contribution is 2.29. The fourth-order valence-electron chi connectivity index (χ4n) is 2.67. The van der Waals surface area contributed by atoms with E-state index in [4.69, 9.17) is 0 Å². The number of carbonyl (C=O) groups excluding carboxylic acids is 1. The Kier molecular flexibility index (Phi) is 4.01. The molecular formula is C16H14BrFN2O. The topological polar surface area (TPSA) is 33.2 Å². The Morgan fingerprint density at radius 3 is 2.76 bits per heavy atom. The van der Waals surface area contributed by atoms with Crippen LogP contribution in [0.1, 0.15) is 28.3 Å². The minimum atomic E-state index is -0.231. The molecule has 1 atom stereocenters. The van der Waals surface area contributed by atoms with Crippen molar-refractivity contribution in [1.82, 2.24) is 9.88 Å². The van der Waals surface area contributed by atoms with Crippen LogP contribution in [0.4, 0.5) is 4.39 Å². The van der Waals surface area contributed by atoms with Gasteiger partial charge in [0.1, 0.15) is 5.82 Å². The Labute approximate surface area is 130 Å². The Hall–Kier alpha value is -1.75. The summed E-state index contributed by atoms with van der Waals surface area (Å²) in [5.74, 6) is 0.0504. The summed E-state index contributed by atoms with van der Waals surface area (Å²) in [5, 5.41) is 0. The average Bonchev–Trinajstić information content (AvgIpc) is 2.98. The Morgan fingerprint density at radius 2 is 2.05 bits per heavy atom. The highest BCUT2D eigenvalue weighted by atomic mass is 79.9. The summed E-state index contributed by atoms with van der Waals surface area (Å²) in [6, 6.07) is 8.27. The van der Waals surface area contributed by atoms with Gasteiger partial charge in [-0.05, 0) is 46.1 Å². The molecule has 5 heteroatoms. The molecule has 0 unspecified atom stereocenters. The van der Waals surface area contributed by atoms with E-state index in [1.807, 2.05) is 4.90 Å². The molecular weight excluding hydrogens is 335 g/mol. The van der Waals surface area contributed by atoms with E-state index in [0.717, 1.165) is 18.5 Å². The van der Waals surface area contributed by atoms with Crippen LogP contribution < -0.4 is 0 Å². The Balaban J connectivity index is 1.74. The van der Waals surface area contributed by atoms with Crippen LogP contribution in [0.2, 0.25) is 0 Å². The number of likely N-dealkylation sites (tertiary alicyclic amines) is 1. The maximum atomic E-state index is 13.0. The molecule has 1 aromatic carbocycles. The lowest BCUT2D eigenvalue weighted by Crippen LogP contribution is -2.28. The Morgan fingerprint density at radius 1 is 1.29 bits per heavy atom. The molecule has 1 aliphatic rings. The molecule has 1 saturated heterocycles.